The molecule has 10 heteroatoms. The summed E-state index contributed by atoms with van der Waals surface area (Å²) in [6.07, 6.45) is -4.61. The largest absolute Gasteiger partial charge is 0.416 e. The summed E-state index contributed by atoms with van der Waals surface area (Å²) in [5.74, 6) is -1.64. The fourth-order valence-electron chi connectivity index (χ4n) is 5.63. The number of nitrogens with zero attached hydrogens (tertiary/aromatic N) is 2. The number of carbonyl (C=O) groups is 2. The number of halogens is 3. The third-order valence-electron chi connectivity index (χ3n) is 7.72. The summed E-state index contributed by atoms with van der Waals surface area (Å²) in [5.41, 5.74) is 1.15. The fraction of sp³-hybridized carbons (Fsp3) is 0.355. The van der Waals surface area contributed by atoms with Crippen molar-refractivity contribution >= 4 is 11.8 Å². The zero-order valence-corrected chi connectivity index (χ0v) is 22.4. The van der Waals surface area contributed by atoms with Crippen molar-refractivity contribution in [2.24, 2.45) is 0 Å². The highest BCUT2D eigenvalue weighted by Crippen LogP contribution is 2.44. The summed E-state index contributed by atoms with van der Waals surface area (Å²) in [7, 11) is 0. The zero-order chi connectivity index (χ0) is 29.0. The molecule has 7 nitrogen and oxygen atoms in total. The van der Waals surface area contributed by atoms with Crippen LogP contribution < -0.4 is 5.32 Å². The van der Waals surface area contributed by atoms with Gasteiger partial charge in [0.05, 0.1) is 37.3 Å². The molecule has 0 unspecified atom stereocenters. The van der Waals surface area contributed by atoms with Gasteiger partial charge in [0.2, 0.25) is 5.91 Å². The quantitative estimate of drug-likeness (QED) is 0.428. The number of benzene rings is 3. The zero-order valence-electron chi connectivity index (χ0n) is 22.4. The third kappa shape index (κ3) is 6.29. The molecule has 0 spiro atoms. The Morgan fingerprint density at radius 2 is 1.66 bits per heavy atom. The molecule has 0 bridgehead atoms. The van der Waals surface area contributed by atoms with Crippen molar-refractivity contribution in [1.29, 1.82) is 0 Å². The van der Waals surface area contributed by atoms with Crippen molar-refractivity contribution in [3.8, 4) is 0 Å². The molecule has 2 atom stereocenters. The number of hydrogen-bond donors (Lipinski definition) is 2. The third-order valence-corrected chi connectivity index (χ3v) is 7.72. The molecule has 5 rings (SSSR count). The lowest BCUT2D eigenvalue weighted by atomic mass is 9.78. The molecule has 41 heavy (non-hydrogen) atoms. The molecule has 1 saturated heterocycles. The molecule has 0 radical (unpaired) electrons. The van der Waals surface area contributed by atoms with Gasteiger partial charge in [0, 0.05) is 38.3 Å². The molecular weight excluding hydrogens is 535 g/mol. The van der Waals surface area contributed by atoms with Gasteiger partial charge in [0.15, 0.2) is 0 Å². The second-order valence-corrected chi connectivity index (χ2v) is 10.2. The maximum absolute atomic E-state index is 13.9. The SMILES string of the molecule is O=C(NCCN1CCOCC1)[C@@H]1c2ccccc2C(=O)N(Cc2ccccc2C(F)(F)F)[C@H]1c1ccc(CO)cc1. The average molecular weight is 568 g/mol. The monoisotopic (exact) mass is 567 g/mol. The van der Waals surface area contributed by atoms with E-state index in [4.69, 9.17) is 4.74 Å². The van der Waals surface area contributed by atoms with Gasteiger partial charge in [-0.1, -0.05) is 60.7 Å². The summed E-state index contributed by atoms with van der Waals surface area (Å²) in [6.45, 7) is 3.26. The van der Waals surface area contributed by atoms with Crippen LogP contribution in [0.3, 0.4) is 0 Å². The molecule has 0 saturated carbocycles. The van der Waals surface area contributed by atoms with E-state index < -0.39 is 29.6 Å². The van der Waals surface area contributed by atoms with Crippen molar-refractivity contribution in [3.05, 3.63) is 106 Å². The fourth-order valence-corrected chi connectivity index (χ4v) is 5.63. The number of hydrogen-bond acceptors (Lipinski definition) is 5. The molecule has 0 aromatic heterocycles. The second kappa shape index (κ2) is 12.4. The van der Waals surface area contributed by atoms with E-state index in [0.717, 1.165) is 19.2 Å². The molecule has 2 amide bonds. The number of alkyl halides is 3. The number of nitrogens with one attached hydrogen (secondary N) is 1. The van der Waals surface area contributed by atoms with E-state index in [1.165, 1.54) is 23.1 Å². The van der Waals surface area contributed by atoms with Crippen LogP contribution in [0.15, 0.2) is 72.8 Å². The summed E-state index contributed by atoms with van der Waals surface area (Å²) in [6, 6.07) is 17.9. The molecule has 216 valence electrons. The maximum Gasteiger partial charge on any atom is 0.416 e. The van der Waals surface area contributed by atoms with Crippen molar-refractivity contribution in [2.45, 2.75) is 31.3 Å². The van der Waals surface area contributed by atoms with Crippen LogP contribution in [-0.4, -0.2) is 66.1 Å². The number of aliphatic hydroxyl groups is 1. The number of ether oxygens (including phenoxy) is 1. The molecule has 2 N–H and O–H groups in total. The summed E-state index contributed by atoms with van der Waals surface area (Å²) < 4.78 is 47.2. The first-order valence-corrected chi connectivity index (χ1v) is 13.6. The van der Waals surface area contributed by atoms with Gasteiger partial charge in [-0.15, -0.1) is 0 Å². The molecule has 0 aliphatic carbocycles. The van der Waals surface area contributed by atoms with E-state index in [1.54, 1.807) is 48.5 Å². The van der Waals surface area contributed by atoms with Gasteiger partial charge in [0.1, 0.15) is 0 Å². The Morgan fingerprint density at radius 3 is 2.37 bits per heavy atom. The molecule has 1 fully saturated rings. The number of carbonyl (C=O) groups excluding carboxylic acids is 2. The van der Waals surface area contributed by atoms with Crippen LogP contribution in [0.5, 0.6) is 0 Å². The Balaban J connectivity index is 1.54. The van der Waals surface area contributed by atoms with E-state index in [9.17, 15) is 27.9 Å². The average Bonchev–Trinajstić information content (AvgIpc) is 2.98. The van der Waals surface area contributed by atoms with E-state index >= 15 is 0 Å². The first-order chi connectivity index (χ1) is 19.8. The molecule has 2 heterocycles. The molecular formula is C31H32F3N3O4. The van der Waals surface area contributed by atoms with Crippen LogP contribution in [0, 0.1) is 0 Å². The predicted octanol–water partition coefficient (Wildman–Crippen LogP) is 4.13. The lowest BCUT2D eigenvalue weighted by Gasteiger charge is -2.42. The normalized spacial score (nSPS) is 19.6. The standard InChI is InChI=1S/C31H32F3N3O4/c32-31(33,34)26-8-4-1-5-23(26)19-37-28(22-11-9-21(20-38)10-12-22)27(24-6-2-3-7-25(24)30(37)40)29(39)35-13-14-36-15-17-41-18-16-36/h1-12,27-28,38H,13-20H2,(H,35,39)/t27-,28+/m1/s1. The van der Waals surface area contributed by atoms with Crippen molar-refractivity contribution in [1.82, 2.24) is 15.1 Å². The Hall–Kier alpha value is -3.73. The van der Waals surface area contributed by atoms with Gasteiger partial charge in [-0.2, -0.15) is 13.2 Å². The van der Waals surface area contributed by atoms with Crippen LogP contribution in [0.4, 0.5) is 13.2 Å². The first-order valence-electron chi connectivity index (χ1n) is 13.6. The lowest BCUT2D eigenvalue weighted by Crippen LogP contribution is -2.48. The van der Waals surface area contributed by atoms with Crippen molar-refractivity contribution in [3.63, 3.8) is 0 Å². The van der Waals surface area contributed by atoms with Gasteiger partial charge >= 0.3 is 6.18 Å². The van der Waals surface area contributed by atoms with E-state index in [2.05, 4.69) is 10.2 Å². The highest BCUT2D eigenvalue weighted by atomic mass is 19.4. The number of rotatable bonds is 8. The molecule has 2 aliphatic heterocycles. The van der Waals surface area contributed by atoms with E-state index in [0.29, 0.717) is 43.0 Å². The van der Waals surface area contributed by atoms with Gasteiger partial charge in [-0.05, 0) is 34.4 Å². The van der Waals surface area contributed by atoms with Crippen LogP contribution >= 0.6 is 0 Å². The van der Waals surface area contributed by atoms with Gasteiger partial charge in [0.25, 0.3) is 5.91 Å². The summed E-state index contributed by atoms with van der Waals surface area (Å²) in [5, 5.41) is 12.6. The molecule has 2 aliphatic rings. The second-order valence-electron chi connectivity index (χ2n) is 10.2. The maximum atomic E-state index is 13.9. The Labute approximate surface area is 236 Å². The first kappa shape index (κ1) is 28.8. The highest BCUT2D eigenvalue weighted by Gasteiger charge is 2.45. The number of morpholine rings is 1. The van der Waals surface area contributed by atoms with E-state index in [1.807, 2.05) is 0 Å². The number of fused-ring (bicyclic) bond motifs is 1. The van der Waals surface area contributed by atoms with Crippen LogP contribution in [0.1, 0.15) is 50.1 Å². The van der Waals surface area contributed by atoms with Crippen LogP contribution in [0.25, 0.3) is 0 Å². The predicted molar refractivity (Wildman–Crippen MR) is 146 cm³/mol. The molecule has 3 aromatic carbocycles. The Morgan fingerprint density at radius 1 is 0.976 bits per heavy atom. The van der Waals surface area contributed by atoms with E-state index in [-0.39, 0.29) is 30.2 Å². The summed E-state index contributed by atoms with van der Waals surface area (Å²) in [4.78, 5) is 31.4. The highest BCUT2D eigenvalue weighted by molar-refractivity contribution is 6.01. The van der Waals surface area contributed by atoms with Gasteiger partial charge < -0.3 is 20.1 Å². The van der Waals surface area contributed by atoms with Crippen LogP contribution in [-0.2, 0) is 28.9 Å². The lowest BCUT2D eigenvalue weighted by molar-refractivity contribution is -0.138. The Kier molecular flexibility index (Phi) is 8.72. The molecule has 3 aromatic rings. The number of aliphatic hydroxyl groups excluding tert-OH is 1. The number of amides is 2. The Bertz CT molecular complexity index is 1370. The van der Waals surface area contributed by atoms with Gasteiger partial charge in [-0.25, -0.2) is 0 Å². The van der Waals surface area contributed by atoms with Crippen LogP contribution in [0.2, 0.25) is 0 Å². The minimum atomic E-state index is -4.61. The minimum Gasteiger partial charge on any atom is -0.392 e. The minimum absolute atomic E-state index is 0.0591. The topological polar surface area (TPSA) is 82.1 Å². The van der Waals surface area contributed by atoms with Crippen molar-refractivity contribution in [2.75, 3.05) is 39.4 Å². The smallest absolute Gasteiger partial charge is 0.392 e. The van der Waals surface area contributed by atoms with Gasteiger partial charge in [-0.3, -0.25) is 14.5 Å². The van der Waals surface area contributed by atoms with Crippen molar-refractivity contribution < 1.29 is 32.6 Å². The summed E-state index contributed by atoms with van der Waals surface area (Å²) >= 11 is 0.